The Kier molecular flexibility index (Phi) is 5.66. The van der Waals surface area contributed by atoms with E-state index in [1.165, 1.54) is 7.11 Å². The number of esters is 1. The van der Waals surface area contributed by atoms with E-state index in [4.69, 9.17) is 4.74 Å². The number of hydrogen-bond acceptors (Lipinski definition) is 6. The van der Waals surface area contributed by atoms with Crippen molar-refractivity contribution in [3.63, 3.8) is 0 Å². The average Bonchev–Trinajstić information content (AvgIpc) is 2.69. The first-order valence-electron chi connectivity index (χ1n) is 8.75. The van der Waals surface area contributed by atoms with Crippen molar-refractivity contribution in [3.05, 3.63) is 71.9 Å². The molecule has 1 heterocycles. The Labute approximate surface area is 158 Å². The monoisotopic (exact) mass is 362 g/mol. The van der Waals surface area contributed by atoms with E-state index in [9.17, 15) is 4.79 Å². The molecule has 0 atom stereocenters. The average molecular weight is 362 g/mol. The second-order valence-corrected chi connectivity index (χ2v) is 5.94. The van der Waals surface area contributed by atoms with Crippen LogP contribution in [0.3, 0.4) is 0 Å². The summed E-state index contributed by atoms with van der Waals surface area (Å²) >= 11 is 0. The fourth-order valence-corrected chi connectivity index (χ4v) is 2.80. The van der Waals surface area contributed by atoms with Gasteiger partial charge in [-0.2, -0.15) is 4.98 Å². The van der Waals surface area contributed by atoms with Gasteiger partial charge in [-0.15, -0.1) is 0 Å². The zero-order valence-corrected chi connectivity index (χ0v) is 15.6. The number of methoxy groups -OCH3 is 1. The number of nitrogens with one attached hydrogen (secondary N) is 1. The number of anilines is 4. The molecule has 1 aromatic heterocycles. The summed E-state index contributed by atoms with van der Waals surface area (Å²) in [5.41, 5.74) is 2.93. The minimum atomic E-state index is -0.399. The van der Waals surface area contributed by atoms with E-state index in [1.807, 2.05) is 60.4 Å². The highest BCUT2D eigenvalue weighted by atomic mass is 16.5. The van der Waals surface area contributed by atoms with E-state index >= 15 is 0 Å². The summed E-state index contributed by atoms with van der Waals surface area (Å²) in [5.74, 6) is 0.813. The van der Waals surface area contributed by atoms with Gasteiger partial charge in [0, 0.05) is 24.0 Å². The van der Waals surface area contributed by atoms with Crippen LogP contribution in [0, 0.1) is 6.92 Å². The summed E-state index contributed by atoms with van der Waals surface area (Å²) in [7, 11) is 1.37. The molecule has 0 aliphatic heterocycles. The lowest BCUT2D eigenvalue weighted by atomic mass is 10.2. The van der Waals surface area contributed by atoms with Crippen molar-refractivity contribution in [3.8, 4) is 0 Å². The Hall–Kier alpha value is -3.41. The molecule has 2 aromatic carbocycles. The minimum Gasteiger partial charge on any atom is -0.465 e. The summed E-state index contributed by atoms with van der Waals surface area (Å²) in [6.07, 6.45) is 0. The molecule has 6 nitrogen and oxygen atoms in total. The first kappa shape index (κ1) is 18.4. The third-order valence-electron chi connectivity index (χ3n) is 4.06. The first-order valence-corrected chi connectivity index (χ1v) is 8.75. The molecule has 0 spiro atoms. The molecule has 138 valence electrons. The van der Waals surface area contributed by atoms with E-state index in [0.29, 0.717) is 23.0 Å². The molecular weight excluding hydrogens is 340 g/mol. The van der Waals surface area contributed by atoms with Crippen LogP contribution in [-0.2, 0) is 4.74 Å². The SMILES string of the molecule is CCN(c1ccccc1)c1nc(C)cc(Nc2ccccc2C(=O)OC)n1. The van der Waals surface area contributed by atoms with E-state index in [-0.39, 0.29) is 0 Å². The molecule has 0 saturated heterocycles. The summed E-state index contributed by atoms with van der Waals surface area (Å²) in [6, 6.07) is 19.0. The third-order valence-corrected chi connectivity index (χ3v) is 4.06. The van der Waals surface area contributed by atoms with Gasteiger partial charge in [-0.25, -0.2) is 9.78 Å². The van der Waals surface area contributed by atoms with Crippen molar-refractivity contribution >= 4 is 29.1 Å². The van der Waals surface area contributed by atoms with Gasteiger partial charge >= 0.3 is 5.97 Å². The summed E-state index contributed by atoms with van der Waals surface area (Å²) in [4.78, 5) is 23.3. The van der Waals surface area contributed by atoms with Crippen molar-refractivity contribution in [2.24, 2.45) is 0 Å². The van der Waals surface area contributed by atoms with Crippen LogP contribution in [0.2, 0.25) is 0 Å². The number of aromatic nitrogens is 2. The Bertz CT molecular complexity index is 928. The van der Waals surface area contributed by atoms with Gasteiger partial charge in [-0.1, -0.05) is 30.3 Å². The van der Waals surface area contributed by atoms with Gasteiger partial charge in [-0.05, 0) is 38.1 Å². The number of ether oxygens (including phenoxy) is 1. The number of nitrogens with zero attached hydrogens (tertiary/aromatic N) is 3. The van der Waals surface area contributed by atoms with E-state index in [1.54, 1.807) is 12.1 Å². The summed E-state index contributed by atoms with van der Waals surface area (Å²) in [6.45, 7) is 4.70. The number of aryl methyl sites for hydroxylation is 1. The zero-order valence-electron chi connectivity index (χ0n) is 15.6. The van der Waals surface area contributed by atoms with E-state index in [0.717, 1.165) is 17.9 Å². The number of carbonyl (C=O) groups excluding carboxylic acids is 1. The highest BCUT2D eigenvalue weighted by Gasteiger charge is 2.15. The van der Waals surface area contributed by atoms with Gasteiger partial charge in [0.05, 0.1) is 18.4 Å². The molecule has 0 unspecified atom stereocenters. The Morgan fingerprint density at radius 1 is 1.07 bits per heavy atom. The van der Waals surface area contributed by atoms with Gasteiger partial charge in [0.15, 0.2) is 0 Å². The zero-order chi connectivity index (χ0) is 19.2. The molecule has 27 heavy (non-hydrogen) atoms. The normalized spacial score (nSPS) is 10.3. The molecule has 0 saturated carbocycles. The number of benzene rings is 2. The van der Waals surface area contributed by atoms with Gasteiger partial charge in [-0.3, -0.25) is 0 Å². The molecule has 3 aromatic rings. The van der Waals surface area contributed by atoms with Crippen LogP contribution in [-0.4, -0.2) is 29.6 Å². The fraction of sp³-hybridized carbons (Fsp3) is 0.190. The Morgan fingerprint density at radius 2 is 1.78 bits per heavy atom. The van der Waals surface area contributed by atoms with Crippen LogP contribution < -0.4 is 10.2 Å². The molecule has 0 amide bonds. The topological polar surface area (TPSA) is 67.4 Å². The Morgan fingerprint density at radius 3 is 2.48 bits per heavy atom. The van der Waals surface area contributed by atoms with Crippen molar-refractivity contribution in [2.45, 2.75) is 13.8 Å². The molecule has 0 aliphatic rings. The molecule has 0 bridgehead atoms. The molecule has 6 heteroatoms. The molecule has 0 aliphatic carbocycles. The second-order valence-electron chi connectivity index (χ2n) is 5.94. The van der Waals surface area contributed by atoms with Crippen molar-refractivity contribution in [1.29, 1.82) is 0 Å². The lowest BCUT2D eigenvalue weighted by Crippen LogP contribution is -2.19. The van der Waals surface area contributed by atoms with Gasteiger partial charge in [0.2, 0.25) is 5.95 Å². The first-order chi connectivity index (χ1) is 13.1. The summed E-state index contributed by atoms with van der Waals surface area (Å²) < 4.78 is 4.86. The molecular formula is C21H22N4O2. The molecule has 3 rings (SSSR count). The van der Waals surface area contributed by atoms with Crippen LogP contribution in [0.15, 0.2) is 60.7 Å². The van der Waals surface area contributed by atoms with Crippen LogP contribution in [0.25, 0.3) is 0 Å². The largest absolute Gasteiger partial charge is 0.465 e. The molecule has 0 radical (unpaired) electrons. The van der Waals surface area contributed by atoms with E-state index < -0.39 is 5.97 Å². The Balaban J connectivity index is 1.96. The fourth-order valence-electron chi connectivity index (χ4n) is 2.80. The summed E-state index contributed by atoms with van der Waals surface area (Å²) in [5, 5.41) is 3.22. The highest BCUT2D eigenvalue weighted by Crippen LogP contribution is 2.25. The van der Waals surface area contributed by atoms with Crippen LogP contribution in [0.4, 0.5) is 23.1 Å². The predicted molar refractivity (Wildman–Crippen MR) is 107 cm³/mol. The number of para-hydroxylation sites is 2. The second kappa shape index (κ2) is 8.31. The number of carbonyl (C=O) groups is 1. The van der Waals surface area contributed by atoms with Crippen LogP contribution in [0.1, 0.15) is 23.0 Å². The van der Waals surface area contributed by atoms with Gasteiger partial charge in [0.1, 0.15) is 5.82 Å². The maximum absolute atomic E-state index is 12.0. The van der Waals surface area contributed by atoms with E-state index in [2.05, 4.69) is 22.2 Å². The van der Waals surface area contributed by atoms with Gasteiger partial charge in [0.25, 0.3) is 0 Å². The molecule has 0 fully saturated rings. The number of rotatable bonds is 6. The van der Waals surface area contributed by atoms with Crippen molar-refractivity contribution in [2.75, 3.05) is 23.9 Å². The number of hydrogen-bond donors (Lipinski definition) is 1. The smallest absolute Gasteiger partial charge is 0.339 e. The van der Waals surface area contributed by atoms with Crippen LogP contribution >= 0.6 is 0 Å². The van der Waals surface area contributed by atoms with Crippen molar-refractivity contribution in [1.82, 2.24) is 9.97 Å². The van der Waals surface area contributed by atoms with Gasteiger partial charge < -0.3 is 15.0 Å². The molecule has 1 N–H and O–H groups in total. The quantitative estimate of drug-likeness (QED) is 0.653. The lowest BCUT2D eigenvalue weighted by molar-refractivity contribution is 0.0602. The maximum Gasteiger partial charge on any atom is 0.339 e. The third kappa shape index (κ3) is 4.23. The lowest BCUT2D eigenvalue weighted by Gasteiger charge is -2.22. The van der Waals surface area contributed by atoms with Crippen molar-refractivity contribution < 1.29 is 9.53 Å². The predicted octanol–water partition coefficient (Wildman–Crippen LogP) is 4.47. The van der Waals surface area contributed by atoms with Crippen LogP contribution in [0.5, 0.6) is 0 Å². The minimum absolute atomic E-state index is 0.399. The standard InChI is InChI=1S/C21H22N4O2/c1-4-25(16-10-6-5-7-11-16)21-22-15(2)14-19(24-21)23-18-13-9-8-12-17(18)20(26)27-3/h5-14H,4H2,1-3H3,(H,22,23,24). The highest BCUT2D eigenvalue weighted by molar-refractivity contribution is 5.96. The maximum atomic E-state index is 12.0.